The SMILES string of the molecule is NC(Cc1c(Cl)cccc1Cl)C1CN2CCCC2CO1. The van der Waals surface area contributed by atoms with Crippen LogP contribution in [-0.2, 0) is 11.2 Å². The molecule has 2 fully saturated rings. The summed E-state index contributed by atoms with van der Waals surface area (Å²) >= 11 is 12.4. The van der Waals surface area contributed by atoms with Crippen LogP contribution in [-0.4, -0.2) is 42.8 Å². The van der Waals surface area contributed by atoms with Gasteiger partial charge in [-0.25, -0.2) is 0 Å². The predicted molar refractivity (Wildman–Crippen MR) is 82.5 cm³/mol. The van der Waals surface area contributed by atoms with Crippen molar-refractivity contribution in [2.45, 2.75) is 37.5 Å². The molecule has 20 heavy (non-hydrogen) atoms. The highest BCUT2D eigenvalue weighted by Gasteiger charge is 2.34. The minimum atomic E-state index is -0.0750. The topological polar surface area (TPSA) is 38.5 Å². The van der Waals surface area contributed by atoms with Gasteiger partial charge < -0.3 is 10.5 Å². The van der Waals surface area contributed by atoms with E-state index in [9.17, 15) is 0 Å². The van der Waals surface area contributed by atoms with Crippen LogP contribution in [0.4, 0.5) is 0 Å². The average molecular weight is 315 g/mol. The molecule has 0 radical (unpaired) electrons. The third kappa shape index (κ3) is 2.97. The average Bonchev–Trinajstić information content (AvgIpc) is 2.90. The summed E-state index contributed by atoms with van der Waals surface area (Å²) in [6, 6.07) is 6.09. The van der Waals surface area contributed by atoms with E-state index in [0.29, 0.717) is 22.5 Å². The van der Waals surface area contributed by atoms with Crippen LogP contribution < -0.4 is 5.73 Å². The van der Waals surface area contributed by atoms with Crippen LogP contribution in [0, 0.1) is 0 Å². The van der Waals surface area contributed by atoms with Crippen molar-refractivity contribution in [1.82, 2.24) is 4.90 Å². The smallest absolute Gasteiger partial charge is 0.0856 e. The normalized spacial score (nSPS) is 28.4. The van der Waals surface area contributed by atoms with Gasteiger partial charge in [-0.1, -0.05) is 29.3 Å². The van der Waals surface area contributed by atoms with Crippen molar-refractivity contribution in [1.29, 1.82) is 0 Å². The number of rotatable bonds is 3. The lowest BCUT2D eigenvalue weighted by atomic mass is 10.00. The second-order valence-corrected chi connectivity index (χ2v) is 6.55. The Balaban J connectivity index is 1.66. The van der Waals surface area contributed by atoms with E-state index in [-0.39, 0.29) is 12.1 Å². The van der Waals surface area contributed by atoms with Crippen molar-refractivity contribution in [3.05, 3.63) is 33.8 Å². The van der Waals surface area contributed by atoms with Gasteiger partial charge in [0, 0.05) is 28.7 Å². The number of hydrogen-bond acceptors (Lipinski definition) is 3. The van der Waals surface area contributed by atoms with Gasteiger partial charge in [0.2, 0.25) is 0 Å². The number of nitrogens with zero attached hydrogens (tertiary/aromatic N) is 1. The zero-order valence-corrected chi connectivity index (χ0v) is 12.9. The molecular formula is C15H20Cl2N2O. The van der Waals surface area contributed by atoms with Gasteiger partial charge in [0.15, 0.2) is 0 Å². The van der Waals surface area contributed by atoms with Crippen LogP contribution in [0.3, 0.4) is 0 Å². The molecule has 2 N–H and O–H groups in total. The first-order valence-corrected chi connectivity index (χ1v) is 7.95. The number of ether oxygens (including phenoxy) is 1. The molecule has 3 rings (SSSR count). The number of morpholine rings is 1. The van der Waals surface area contributed by atoms with Crippen molar-refractivity contribution in [3.8, 4) is 0 Å². The molecule has 2 aliphatic rings. The minimum Gasteiger partial charge on any atom is -0.374 e. The Hall–Kier alpha value is -0.320. The van der Waals surface area contributed by atoms with Gasteiger partial charge in [-0.2, -0.15) is 0 Å². The summed E-state index contributed by atoms with van der Waals surface area (Å²) in [5, 5.41) is 1.37. The molecule has 110 valence electrons. The Morgan fingerprint density at radius 1 is 1.35 bits per heavy atom. The first-order chi connectivity index (χ1) is 9.65. The molecule has 3 unspecified atom stereocenters. The van der Waals surface area contributed by atoms with Gasteiger partial charge in [-0.15, -0.1) is 0 Å². The fourth-order valence-corrected chi connectivity index (χ4v) is 3.75. The molecular weight excluding hydrogens is 295 g/mol. The van der Waals surface area contributed by atoms with Crippen LogP contribution in [0.2, 0.25) is 10.0 Å². The largest absolute Gasteiger partial charge is 0.374 e. The zero-order chi connectivity index (χ0) is 14.1. The van der Waals surface area contributed by atoms with Crippen molar-refractivity contribution in [2.75, 3.05) is 19.7 Å². The van der Waals surface area contributed by atoms with E-state index in [4.69, 9.17) is 33.7 Å². The lowest BCUT2D eigenvalue weighted by molar-refractivity contribution is -0.0589. The quantitative estimate of drug-likeness (QED) is 0.932. The Labute approximate surface area is 130 Å². The van der Waals surface area contributed by atoms with E-state index >= 15 is 0 Å². The van der Waals surface area contributed by atoms with Gasteiger partial charge in [0.05, 0.1) is 12.7 Å². The summed E-state index contributed by atoms with van der Waals surface area (Å²) in [5.41, 5.74) is 7.26. The molecule has 5 heteroatoms. The Morgan fingerprint density at radius 2 is 2.10 bits per heavy atom. The maximum Gasteiger partial charge on any atom is 0.0856 e. The number of halogens is 2. The fourth-order valence-electron chi connectivity index (χ4n) is 3.20. The van der Waals surface area contributed by atoms with Gasteiger partial charge in [-0.05, 0) is 43.5 Å². The third-order valence-corrected chi connectivity index (χ3v) is 5.10. The Morgan fingerprint density at radius 3 is 2.85 bits per heavy atom. The summed E-state index contributed by atoms with van der Waals surface area (Å²) in [4.78, 5) is 2.50. The second-order valence-electron chi connectivity index (χ2n) is 5.73. The summed E-state index contributed by atoms with van der Waals surface area (Å²) in [6.07, 6.45) is 3.24. The highest BCUT2D eigenvalue weighted by atomic mass is 35.5. The highest BCUT2D eigenvalue weighted by molar-refractivity contribution is 6.36. The molecule has 0 spiro atoms. The standard InChI is InChI=1S/C15H20Cl2N2O/c16-12-4-1-5-13(17)11(12)7-14(18)15-8-19-6-2-3-10(19)9-20-15/h1,4-5,10,14-15H,2-3,6-9,18H2. The second kappa shape index (κ2) is 6.20. The van der Waals surface area contributed by atoms with E-state index < -0.39 is 0 Å². The monoisotopic (exact) mass is 314 g/mol. The fraction of sp³-hybridized carbons (Fsp3) is 0.600. The first-order valence-electron chi connectivity index (χ1n) is 7.19. The molecule has 0 bridgehead atoms. The highest BCUT2D eigenvalue weighted by Crippen LogP contribution is 2.28. The zero-order valence-electron chi connectivity index (χ0n) is 11.4. The van der Waals surface area contributed by atoms with E-state index in [1.807, 2.05) is 18.2 Å². The first kappa shape index (κ1) is 14.6. The third-order valence-electron chi connectivity index (χ3n) is 4.40. The lowest BCUT2D eigenvalue weighted by Gasteiger charge is -2.37. The van der Waals surface area contributed by atoms with Crippen molar-refractivity contribution >= 4 is 23.2 Å². The van der Waals surface area contributed by atoms with Crippen LogP contribution in [0.1, 0.15) is 18.4 Å². The summed E-state index contributed by atoms with van der Waals surface area (Å²) in [6.45, 7) is 2.90. The minimum absolute atomic E-state index is 0.0664. The van der Waals surface area contributed by atoms with Crippen LogP contribution in [0.25, 0.3) is 0 Å². The number of hydrogen-bond donors (Lipinski definition) is 1. The molecule has 3 atom stereocenters. The van der Waals surface area contributed by atoms with Gasteiger partial charge in [0.25, 0.3) is 0 Å². The molecule has 2 aliphatic heterocycles. The van der Waals surface area contributed by atoms with Gasteiger partial charge in [0.1, 0.15) is 0 Å². The molecule has 0 saturated carbocycles. The summed E-state index contributed by atoms with van der Waals surface area (Å²) in [7, 11) is 0. The van der Waals surface area contributed by atoms with E-state index in [1.54, 1.807) is 0 Å². The maximum atomic E-state index is 6.33. The van der Waals surface area contributed by atoms with Crippen molar-refractivity contribution < 1.29 is 4.74 Å². The predicted octanol–water partition coefficient (Wildman–Crippen LogP) is 2.73. The van der Waals surface area contributed by atoms with Gasteiger partial charge in [-0.3, -0.25) is 4.90 Å². The van der Waals surface area contributed by atoms with Crippen LogP contribution in [0.5, 0.6) is 0 Å². The molecule has 2 saturated heterocycles. The maximum absolute atomic E-state index is 6.33. The molecule has 0 aliphatic carbocycles. The summed E-state index contributed by atoms with van der Waals surface area (Å²) < 4.78 is 5.95. The Bertz CT molecular complexity index is 463. The van der Waals surface area contributed by atoms with Crippen molar-refractivity contribution in [2.24, 2.45) is 5.73 Å². The lowest BCUT2D eigenvalue weighted by Crippen LogP contribution is -2.53. The van der Waals surface area contributed by atoms with E-state index in [2.05, 4.69) is 4.90 Å². The number of benzene rings is 1. The van der Waals surface area contributed by atoms with Gasteiger partial charge >= 0.3 is 0 Å². The molecule has 1 aromatic carbocycles. The van der Waals surface area contributed by atoms with E-state index in [1.165, 1.54) is 19.4 Å². The van der Waals surface area contributed by atoms with Crippen molar-refractivity contribution in [3.63, 3.8) is 0 Å². The molecule has 0 aromatic heterocycles. The van der Waals surface area contributed by atoms with Crippen LogP contribution in [0.15, 0.2) is 18.2 Å². The summed E-state index contributed by atoms with van der Waals surface area (Å²) in [5.74, 6) is 0. The van der Waals surface area contributed by atoms with Crippen LogP contribution >= 0.6 is 23.2 Å². The number of nitrogens with two attached hydrogens (primary N) is 1. The molecule has 3 nitrogen and oxygen atoms in total. The molecule has 2 heterocycles. The molecule has 0 amide bonds. The van der Waals surface area contributed by atoms with E-state index in [0.717, 1.165) is 18.7 Å². The molecule has 1 aromatic rings. The number of fused-ring (bicyclic) bond motifs is 1. The Kier molecular flexibility index (Phi) is 4.53.